The molecule has 3 fully saturated rings. The Balaban J connectivity index is 1.23. The molecule has 252 valence electrons. The van der Waals surface area contributed by atoms with E-state index >= 15 is 0 Å². The maximum Gasteiger partial charge on any atom is 0.416 e. The number of benzene rings is 1. The van der Waals surface area contributed by atoms with Crippen LogP contribution in [0.3, 0.4) is 0 Å². The summed E-state index contributed by atoms with van der Waals surface area (Å²) in [4.78, 5) is 28.6. The fraction of sp³-hybridized carbons (Fsp3) is 0.645. The number of sulfonamides is 1. The maximum atomic E-state index is 13.9. The summed E-state index contributed by atoms with van der Waals surface area (Å²) in [6.07, 6.45) is 0.682. The van der Waals surface area contributed by atoms with Gasteiger partial charge < -0.3 is 20.2 Å². The van der Waals surface area contributed by atoms with E-state index in [4.69, 9.17) is 5.10 Å². The average Bonchev–Trinajstić information content (AvgIpc) is 3.68. The number of carbonyl (C=O) groups excluding carboxylic acids is 2. The first-order valence-electron chi connectivity index (χ1n) is 16.0. The molecule has 1 saturated carbocycles. The molecule has 4 heterocycles. The van der Waals surface area contributed by atoms with Gasteiger partial charge >= 0.3 is 6.18 Å². The van der Waals surface area contributed by atoms with Gasteiger partial charge in [-0.1, -0.05) is 6.07 Å². The molecule has 2 N–H and O–H groups in total. The number of aliphatic hydroxyl groups excluding tert-OH is 1. The Morgan fingerprint density at radius 1 is 1.09 bits per heavy atom. The normalized spacial score (nSPS) is 21.1. The number of fused-ring (bicyclic) bond motifs is 1. The zero-order valence-corrected chi connectivity index (χ0v) is 26.7. The number of nitrogens with one attached hydrogen (secondary N) is 1. The van der Waals surface area contributed by atoms with Crippen molar-refractivity contribution in [1.29, 1.82) is 0 Å². The molecule has 1 aromatic heterocycles. The summed E-state index contributed by atoms with van der Waals surface area (Å²) in [6.45, 7) is 2.79. The fourth-order valence-corrected chi connectivity index (χ4v) is 7.78. The minimum absolute atomic E-state index is 0.0110. The monoisotopic (exact) mass is 666 g/mol. The van der Waals surface area contributed by atoms with Crippen molar-refractivity contribution < 1.29 is 36.3 Å². The van der Waals surface area contributed by atoms with Crippen molar-refractivity contribution in [2.45, 2.75) is 82.9 Å². The van der Waals surface area contributed by atoms with Crippen molar-refractivity contribution in [2.24, 2.45) is 5.92 Å². The number of hydrogen-bond donors (Lipinski definition) is 2. The molecule has 4 aliphatic rings. The van der Waals surface area contributed by atoms with Crippen LogP contribution in [0, 0.1) is 5.92 Å². The lowest BCUT2D eigenvalue weighted by Gasteiger charge is -2.37. The number of β-amino-alcohol motifs (C(OH)–C–C–N with tert-alkyl or cyclic N) is 1. The van der Waals surface area contributed by atoms with Crippen LogP contribution in [0.4, 0.5) is 13.2 Å². The van der Waals surface area contributed by atoms with Crippen LogP contribution in [0.15, 0.2) is 18.2 Å². The first-order valence-corrected chi connectivity index (χ1v) is 17.8. The Labute approximate surface area is 266 Å². The van der Waals surface area contributed by atoms with Crippen LogP contribution >= 0.6 is 0 Å². The molecule has 1 aromatic carbocycles. The lowest BCUT2D eigenvalue weighted by atomic mass is 9.97. The van der Waals surface area contributed by atoms with Crippen molar-refractivity contribution in [3.8, 4) is 11.3 Å². The van der Waals surface area contributed by atoms with Gasteiger partial charge in [0.05, 0.1) is 30.2 Å². The molecule has 1 atom stereocenters. The molecule has 11 nitrogen and oxygen atoms in total. The summed E-state index contributed by atoms with van der Waals surface area (Å²) in [7, 11) is -3.55. The van der Waals surface area contributed by atoms with Crippen LogP contribution in [-0.4, -0.2) is 100 Å². The van der Waals surface area contributed by atoms with Crippen LogP contribution in [0.1, 0.15) is 60.9 Å². The van der Waals surface area contributed by atoms with Gasteiger partial charge in [-0.2, -0.15) is 22.6 Å². The molecular formula is C31H41F3N6O5S. The maximum absolute atomic E-state index is 13.9. The van der Waals surface area contributed by atoms with Gasteiger partial charge in [-0.3, -0.25) is 14.3 Å². The highest BCUT2D eigenvalue weighted by Crippen LogP contribution is 2.37. The first kappa shape index (κ1) is 32.9. The molecule has 1 unspecified atom stereocenters. The predicted molar refractivity (Wildman–Crippen MR) is 163 cm³/mol. The lowest BCUT2D eigenvalue weighted by molar-refractivity contribution is -0.138. The number of nitrogens with zero attached hydrogens (tertiary/aromatic N) is 5. The number of aromatic nitrogens is 2. The molecule has 0 radical (unpaired) electrons. The van der Waals surface area contributed by atoms with E-state index in [2.05, 4.69) is 10.2 Å². The van der Waals surface area contributed by atoms with E-state index in [-0.39, 0.29) is 55.5 Å². The van der Waals surface area contributed by atoms with E-state index in [0.717, 1.165) is 69.8 Å². The highest BCUT2D eigenvalue weighted by atomic mass is 32.2. The summed E-state index contributed by atoms with van der Waals surface area (Å²) in [6, 6.07) is 3.91. The van der Waals surface area contributed by atoms with E-state index in [1.165, 1.54) is 16.4 Å². The van der Waals surface area contributed by atoms with E-state index in [0.29, 0.717) is 36.2 Å². The molecule has 0 bridgehead atoms. The van der Waals surface area contributed by atoms with Crippen molar-refractivity contribution in [3.63, 3.8) is 0 Å². The number of halogens is 3. The Kier molecular flexibility index (Phi) is 9.22. The third-order valence-corrected chi connectivity index (χ3v) is 10.9. The van der Waals surface area contributed by atoms with E-state index in [9.17, 15) is 36.3 Å². The molecule has 2 amide bonds. The number of rotatable bonds is 10. The number of piperidine rings is 1. The number of amides is 2. The van der Waals surface area contributed by atoms with E-state index < -0.39 is 27.9 Å². The SMILES string of the molecule is CS(=O)(=O)N1CCc2c(c(-c3ccc(C(F)(F)F)c(CNC(=O)C4CC4)c3)nn2CC(O)CN2CCC(N3CCCC3=O)CC2)C1. The second-order valence-corrected chi connectivity index (χ2v) is 15.0. The minimum atomic E-state index is -4.63. The Morgan fingerprint density at radius 2 is 1.83 bits per heavy atom. The van der Waals surface area contributed by atoms with Crippen LogP contribution in [-0.2, 0) is 51.8 Å². The average molecular weight is 667 g/mol. The second kappa shape index (κ2) is 12.9. The number of likely N-dealkylation sites (tertiary alicyclic amines) is 2. The molecular weight excluding hydrogens is 625 g/mol. The fourth-order valence-electron chi connectivity index (χ4n) is 6.99. The van der Waals surface area contributed by atoms with Gasteiger partial charge in [-0.15, -0.1) is 0 Å². The van der Waals surface area contributed by atoms with Gasteiger partial charge in [-0.05, 0) is 49.8 Å². The largest absolute Gasteiger partial charge is 0.416 e. The molecule has 1 aliphatic carbocycles. The first-order chi connectivity index (χ1) is 21.8. The van der Waals surface area contributed by atoms with Gasteiger partial charge in [-0.25, -0.2) is 8.42 Å². The van der Waals surface area contributed by atoms with Crippen LogP contribution in [0.5, 0.6) is 0 Å². The molecule has 6 rings (SSSR count). The zero-order chi connectivity index (χ0) is 32.8. The van der Waals surface area contributed by atoms with Gasteiger partial charge in [0.1, 0.15) is 0 Å². The highest BCUT2D eigenvalue weighted by molar-refractivity contribution is 7.88. The molecule has 3 aliphatic heterocycles. The number of alkyl halides is 3. The topological polar surface area (TPSA) is 128 Å². The van der Waals surface area contributed by atoms with Gasteiger partial charge in [0.15, 0.2) is 0 Å². The number of hydrogen-bond acceptors (Lipinski definition) is 7. The summed E-state index contributed by atoms with van der Waals surface area (Å²) >= 11 is 0. The molecule has 0 spiro atoms. The Bertz CT molecular complexity index is 1580. The molecule has 2 saturated heterocycles. The third-order valence-electron chi connectivity index (χ3n) is 9.61. The standard InChI is InChI=1S/C31H41F3N6O5S/c1-46(44,45)38-14-10-27-25(19-38)29(21-6-7-26(31(32,33)34)22(15-21)16-35-30(43)20-4-5-20)36-40(27)18-24(41)17-37-12-8-23(9-13-37)39-11-2-3-28(39)42/h6-7,15,20,23-24,41H,2-5,8-14,16-19H2,1H3,(H,35,43). The van der Waals surface area contributed by atoms with Crippen molar-refractivity contribution in [1.82, 2.24) is 29.2 Å². The van der Waals surface area contributed by atoms with Gasteiger partial charge in [0.25, 0.3) is 0 Å². The van der Waals surface area contributed by atoms with Crippen molar-refractivity contribution >= 4 is 21.8 Å². The van der Waals surface area contributed by atoms with E-state index in [1.54, 1.807) is 4.68 Å². The zero-order valence-electron chi connectivity index (χ0n) is 25.9. The number of aliphatic hydroxyl groups is 1. The quantitative estimate of drug-likeness (QED) is 0.399. The Hall–Kier alpha value is -3.01. The number of carbonyl (C=O) groups is 2. The van der Waals surface area contributed by atoms with Crippen LogP contribution in [0.25, 0.3) is 11.3 Å². The van der Waals surface area contributed by atoms with Crippen LogP contribution in [0.2, 0.25) is 0 Å². The molecule has 15 heteroatoms. The summed E-state index contributed by atoms with van der Waals surface area (Å²) in [5.41, 5.74) is 1.11. The van der Waals surface area contributed by atoms with Crippen molar-refractivity contribution in [3.05, 3.63) is 40.6 Å². The molecule has 46 heavy (non-hydrogen) atoms. The summed E-state index contributed by atoms with van der Waals surface area (Å²) in [5, 5.41) is 18.5. The second-order valence-electron chi connectivity index (χ2n) is 13.0. The summed E-state index contributed by atoms with van der Waals surface area (Å²) < 4.78 is 69.7. The van der Waals surface area contributed by atoms with Gasteiger partial charge in [0.2, 0.25) is 21.8 Å². The van der Waals surface area contributed by atoms with Crippen molar-refractivity contribution in [2.75, 3.05) is 39.0 Å². The minimum Gasteiger partial charge on any atom is -0.390 e. The Morgan fingerprint density at radius 3 is 2.46 bits per heavy atom. The van der Waals surface area contributed by atoms with E-state index in [1.807, 2.05) is 4.90 Å². The third kappa shape index (κ3) is 7.26. The lowest BCUT2D eigenvalue weighted by Crippen LogP contribution is -2.47. The highest BCUT2D eigenvalue weighted by Gasteiger charge is 2.36. The predicted octanol–water partition coefficient (Wildman–Crippen LogP) is 2.36. The van der Waals surface area contributed by atoms with Crippen LogP contribution < -0.4 is 5.32 Å². The molecule has 2 aromatic rings. The summed E-state index contributed by atoms with van der Waals surface area (Å²) in [5.74, 6) is -0.212. The van der Waals surface area contributed by atoms with Gasteiger partial charge in [0, 0.05) is 87.4 Å². The smallest absolute Gasteiger partial charge is 0.390 e.